The molecular formula is C11H10N4. The minimum absolute atomic E-state index is 0.661. The third-order valence-corrected chi connectivity index (χ3v) is 2.43. The van der Waals surface area contributed by atoms with E-state index in [4.69, 9.17) is 5.73 Å². The van der Waals surface area contributed by atoms with Crippen LogP contribution in [0.5, 0.6) is 0 Å². The predicted molar refractivity (Wildman–Crippen MR) is 59.6 cm³/mol. The van der Waals surface area contributed by atoms with Crippen molar-refractivity contribution in [2.75, 3.05) is 5.73 Å². The van der Waals surface area contributed by atoms with Crippen LogP contribution in [0.4, 0.5) is 5.82 Å². The van der Waals surface area contributed by atoms with Crippen LogP contribution in [0, 0.1) is 6.92 Å². The number of imidazole rings is 1. The molecule has 1 aromatic carbocycles. The summed E-state index contributed by atoms with van der Waals surface area (Å²) in [7, 11) is 0. The topological polar surface area (TPSA) is 56.2 Å². The van der Waals surface area contributed by atoms with Gasteiger partial charge in [-0.2, -0.15) is 0 Å². The fourth-order valence-electron chi connectivity index (χ4n) is 1.81. The Bertz CT molecular complexity index is 654. The molecule has 0 bridgehead atoms. The number of aryl methyl sites for hydroxylation is 1. The van der Waals surface area contributed by atoms with Gasteiger partial charge in [0.1, 0.15) is 5.82 Å². The van der Waals surface area contributed by atoms with Crippen LogP contribution < -0.4 is 5.73 Å². The first-order valence-corrected chi connectivity index (χ1v) is 4.76. The summed E-state index contributed by atoms with van der Waals surface area (Å²) < 4.78 is 1.86. The monoisotopic (exact) mass is 198 g/mol. The van der Waals surface area contributed by atoms with Crippen molar-refractivity contribution < 1.29 is 0 Å². The molecule has 74 valence electrons. The maximum absolute atomic E-state index is 5.95. The van der Waals surface area contributed by atoms with E-state index in [-0.39, 0.29) is 0 Å². The molecule has 0 fully saturated rings. The lowest BCUT2D eigenvalue weighted by Crippen LogP contribution is -1.99. The molecule has 0 aliphatic rings. The minimum Gasteiger partial charge on any atom is -0.385 e. The SMILES string of the molecule is Cc1cc(N)n2c(n1)nc1ccccc12. The Morgan fingerprint density at radius 2 is 2.00 bits per heavy atom. The average molecular weight is 198 g/mol. The summed E-state index contributed by atoms with van der Waals surface area (Å²) >= 11 is 0. The zero-order valence-corrected chi connectivity index (χ0v) is 8.31. The summed E-state index contributed by atoms with van der Waals surface area (Å²) in [4.78, 5) is 8.75. The van der Waals surface area contributed by atoms with Crippen molar-refractivity contribution in [1.82, 2.24) is 14.4 Å². The number of anilines is 1. The molecule has 0 saturated heterocycles. The summed E-state index contributed by atoms with van der Waals surface area (Å²) in [5, 5.41) is 0. The van der Waals surface area contributed by atoms with Gasteiger partial charge in [-0.1, -0.05) is 12.1 Å². The third-order valence-electron chi connectivity index (χ3n) is 2.43. The van der Waals surface area contributed by atoms with Gasteiger partial charge in [-0.3, -0.25) is 4.40 Å². The van der Waals surface area contributed by atoms with E-state index in [1.54, 1.807) is 0 Å². The summed E-state index contributed by atoms with van der Waals surface area (Å²) in [5.74, 6) is 1.33. The summed E-state index contributed by atoms with van der Waals surface area (Å²) in [6, 6.07) is 9.72. The van der Waals surface area contributed by atoms with Crippen LogP contribution in [0.1, 0.15) is 5.69 Å². The van der Waals surface area contributed by atoms with Crippen molar-refractivity contribution in [3.63, 3.8) is 0 Å². The zero-order valence-electron chi connectivity index (χ0n) is 8.31. The minimum atomic E-state index is 0.661. The lowest BCUT2D eigenvalue weighted by atomic mass is 10.3. The van der Waals surface area contributed by atoms with Gasteiger partial charge in [-0.15, -0.1) is 0 Å². The van der Waals surface area contributed by atoms with E-state index in [2.05, 4.69) is 9.97 Å². The number of nitrogen functional groups attached to an aromatic ring is 1. The number of hydrogen-bond donors (Lipinski definition) is 1. The Kier molecular flexibility index (Phi) is 1.48. The second-order valence-corrected chi connectivity index (χ2v) is 3.56. The maximum atomic E-state index is 5.95. The van der Waals surface area contributed by atoms with Crippen LogP contribution in [0.15, 0.2) is 30.3 Å². The van der Waals surface area contributed by atoms with Crippen LogP contribution in [0.3, 0.4) is 0 Å². The Labute approximate surface area is 86.4 Å². The van der Waals surface area contributed by atoms with Crippen LogP contribution in [-0.2, 0) is 0 Å². The van der Waals surface area contributed by atoms with Gasteiger partial charge >= 0.3 is 0 Å². The molecule has 0 aliphatic carbocycles. The Balaban J connectivity index is 2.61. The van der Waals surface area contributed by atoms with Gasteiger partial charge in [-0.05, 0) is 19.1 Å². The smallest absolute Gasteiger partial charge is 0.236 e. The van der Waals surface area contributed by atoms with Crippen LogP contribution in [0.2, 0.25) is 0 Å². The molecule has 4 heteroatoms. The first kappa shape index (κ1) is 8.23. The fourth-order valence-corrected chi connectivity index (χ4v) is 1.81. The third kappa shape index (κ3) is 1.08. The van der Waals surface area contributed by atoms with Crippen LogP contribution in [0.25, 0.3) is 16.8 Å². The number of aromatic nitrogens is 3. The molecule has 3 rings (SSSR count). The molecular weight excluding hydrogens is 188 g/mol. The van der Waals surface area contributed by atoms with Crippen LogP contribution >= 0.6 is 0 Å². The lowest BCUT2D eigenvalue weighted by Gasteiger charge is -2.01. The van der Waals surface area contributed by atoms with Gasteiger partial charge in [0.15, 0.2) is 0 Å². The highest BCUT2D eigenvalue weighted by Crippen LogP contribution is 2.18. The molecule has 0 unspecified atom stereocenters. The molecule has 15 heavy (non-hydrogen) atoms. The van der Waals surface area contributed by atoms with Gasteiger partial charge < -0.3 is 5.73 Å². The maximum Gasteiger partial charge on any atom is 0.236 e. The van der Waals surface area contributed by atoms with Gasteiger partial charge in [0.25, 0.3) is 0 Å². The number of nitrogens with two attached hydrogens (primary N) is 1. The van der Waals surface area contributed by atoms with E-state index in [1.807, 2.05) is 41.7 Å². The summed E-state index contributed by atoms with van der Waals surface area (Å²) in [6.07, 6.45) is 0. The number of rotatable bonds is 0. The second-order valence-electron chi connectivity index (χ2n) is 3.56. The van der Waals surface area contributed by atoms with E-state index >= 15 is 0 Å². The number of nitrogens with zero attached hydrogens (tertiary/aromatic N) is 3. The summed E-state index contributed by atoms with van der Waals surface area (Å²) in [6.45, 7) is 1.91. The van der Waals surface area contributed by atoms with Gasteiger partial charge in [0.05, 0.1) is 11.0 Å². The molecule has 2 N–H and O–H groups in total. The molecule has 2 aromatic heterocycles. The van der Waals surface area contributed by atoms with Gasteiger partial charge in [0, 0.05) is 11.8 Å². The first-order chi connectivity index (χ1) is 7.25. The van der Waals surface area contributed by atoms with Crippen molar-refractivity contribution in [2.45, 2.75) is 6.92 Å². The molecule has 0 atom stereocenters. The molecule has 0 saturated carbocycles. The molecule has 2 heterocycles. The first-order valence-electron chi connectivity index (χ1n) is 4.76. The Hall–Kier alpha value is -2.10. The van der Waals surface area contributed by atoms with Crippen molar-refractivity contribution in [3.05, 3.63) is 36.0 Å². The predicted octanol–water partition coefficient (Wildman–Crippen LogP) is 1.77. The molecule has 0 radical (unpaired) electrons. The van der Waals surface area contributed by atoms with Gasteiger partial charge in [0.2, 0.25) is 5.78 Å². The zero-order chi connectivity index (χ0) is 10.4. The van der Waals surface area contributed by atoms with Crippen molar-refractivity contribution in [1.29, 1.82) is 0 Å². The van der Waals surface area contributed by atoms with E-state index in [0.29, 0.717) is 11.6 Å². The highest BCUT2D eigenvalue weighted by atomic mass is 15.1. The van der Waals surface area contributed by atoms with Crippen molar-refractivity contribution >= 4 is 22.6 Å². The fraction of sp³-hybridized carbons (Fsp3) is 0.0909. The molecule has 3 aromatic rings. The van der Waals surface area contributed by atoms with Crippen molar-refractivity contribution in [2.24, 2.45) is 0 Å². The Morgan fingerprint density at radius 1 is 1.20 bits per heavy atom. The quantitative estimate of drug-likeness (QED) is 0.599. The van der Waals surface area contributed by atoms with Crippen LogP contribution in [-0.4, -0.2) is 14.4 Å². The molecule has 0 spiro atoms. The highest BCUT2D eigenvalue weighted by Gasteiger charge is 2.07. The second kappa shape index (κ2) is 2.70. The highest BCUT2D eigenvalue weighted by molar-refractivity contribution is 5.81. The Morgan fingerprint density at radius 3 is 2.87 bits per heavy atom. The number of hydrogen-bond acceptors (Lipinski definition) is 3. The average Bonchev–Trinajstić information content (AvgIpc) is 2.54. The van der Waals surface area contributed by atoms with E-state index in [0.717, 1.165) is 16.7 Å². The number of benzene rings is 1. The normalized spacial score (nSPS) is 11.3. The van der Waals surface area contributed by atoms with Gasteiger partial charge in [-0.25, -0.2) is 9.97 Å². The number of fused-ring (bicyclic) bond motifs is 3. The van der Waals surface area contributed by atoms with E-state index in [9.17, 15) is 0 Å². The lowest BCUT2D eigenvalue weighted by molar-refractivity contribution is 1.10. The van der Waals surface area contributed by atoms with Crippen molar-refractivity contribution in [3.8, 4) is 0 Å². The molecule has 0 aliphatic heterocycles. The number of para-hydroxylation sites is 2. The summed E-state index contributed by atoms with van der Waals surface area (Å²) in [5.41, 5.74) is 8.75. The molecule has 0 amide bonds. The van der Waals surface area contributed by atoms with E-state index < -0.39 is 0 Å². The molecule has 4 nitrogen and oxygen atoms in total. The van der Waals surface area contributed by atoms with E-state index in [1.165, 1.54) is 0 Å². The largest absolute Gasteiger partial charge is 0.385 e. The standard InChI is InChI=1S/C11H10N4/c1-7-6-10(12)15-9-5-3-2-4-8(9)14-11(15)13-7/h2-6H,12H2,1H3.